The van der Waals surface area contributed by atoms with Crippen LogP contribution in [0.15, 0.2) is 48.8 Å². The molecule has 0 radical (unpaired) electrons. The summed E-state index contributed by atoms with van der Waals surface area (Å²) >= 11 is 1.18. The van der Waals surface area contributed by atoms with E-state index in [0.717, 1.165) is 30.0 Å². The standard InChI is InChI=1S/C27H22F4N4O3S/c1-14-8-20(34-23(9-14)35-22-11-16(5-7-32-22)27(29,30)31)21-13-33-25(39-21)26(37)6-3-4-15-10-17(24(36)38-2)19(28)12-18(15)26/h5,7-13,37H,3-4,6H2,1-2H3,(H,32,34,35)/t26-/m0/s1. The molecule has 0 saturated carbocycles. The Labute approximate surface area is 224 Å². The van der Waals surface area contributed by atoms with Crippen LogP contribution in [0.3, 0.4) is 0 Å². The number of fused-ring (bicyclic) bond motifs is 1. The molecule has 1 atom stereocenters. The number of thiazole rings is 1. The first-order valence-electron chi connectivity index (χ1n) is 11.9. The van der Waals surface area contributed by atoms with Gasteiger partial charge < -0.3 is 15.2 Å². The minimum absolute atomic E-state index is 0.0136. The topological polar surface area (TPSA) is 97.2 Å². The number of ether oxygens (including phenoxy) is 1. The summed E-state index contributed by atoms with van der Waals surface area (Å²) in [7, 11) is 1.17. The van der Waals surface area contributed by atoms with E-state index in [-0.39, 0.29) is 17.2 Å². The number of anilines is 2. The fourth-order valence-corrected chi connectivity index (χ4v) is 5.62. The number of rotatable bonds is 5. The van der Waals surface area contributed by atoms with E-state index in [2.05, 4.69) is 25.0 Å². The molecule has 5 rings (SSSR count). The van der Waals surface area contributed by atoms with Crippen molar-refractivity contribution in [1.29, 1.82) is 0 Å². The van der Waals surface area contributed by atoms with Crippen LogP contribution >= 0.6 is 11.3 Å². The average Bonchev–Trinajstić information content (AvgIpc) is 3.39. The van der Waals surface area contributed by atoms with Gasteiger partial charge in [0.25, 0.3) is 0 Å². The van der Waals surface area contributed by atoms with Gasteiger partial charge in [-0.05, 0) is 79.3 Å². The van der Waals surface area contributed by atoms with Gasteiger partial charge in [-0.15, -0.1) is 11.3 Å². The monoisotopic (exact) mass is 558 g/mol. The molecule has 1 aliphatic carbocycles. The van der Waals surface area contributed by atoms with E-state index in [1.54, 1.807) is 18.3 Å². The number of carbonyl (C=O) groups excluding carboxylic acids is 1. The molecule has 7 nitrogen and oxygen atoms in total. The molecule has 0 aliphatic heterocycles. The summed E-state index contributed by atoms with van der Waals surface area (Å²) in [5.74, 6) is -1.32. The van der Waals surface area contributed by atoms with Gasteiger partial charge >= 0.3 is 12.1 Å². The lowest BCUT2D eigenvalue weighted by Crippen LogP contribution is -2.32. The first-order valence-corrected chi connectivity index (χ1v) is 12.7. The molecule has 3 heterocycles. The highest BCUT2D eigenvalue weighted by molar-refractivity contribution is 7.15. The van der Waals surface area contributed by atoms with Crippen molar-refractivity contribution in [2.75, 3.05) is 12.4 Å². The highest BCUT2D eigenvalue weighted by Gasteiger charge is 2.40. The Morgan fingerprint density at radius 2 is 1.95 bits per heavy atom. The molecule has 1 aliphatic rings. The summed E-state index contributed by atoms with van der Waals surface area (Å²) in [6.45, 7) is 1.81. The number of pyridine rings is 2. The first-order chi connectivity index (χ1) is 18.5. The number of hydrogen-bond acceptors (Lipinski definition) is 8. The van der Waals surface area contributed by atoms with E-state index in [0.29, 0.717) is 46.0 Å². The number of halogens is 4. The molecular weight excluding hydrogens is 536 g/mol. The Balaban J connectivity index is 1.47. The third-order valence-electron chi connectivity index (χ3n) is 6.45. The summed E-state index contributed by atoms with van der Waals surface area (Å²) < 4.78 is 58.7. The number of esters is 1. The van der Waals surface area contributed by atoms with Crippen LogP contribution in [-0.4, -0.2) is 33.1 Å². The van der Waals surface area contributed by atoms with Crippen molar-refractivity contribution in [2.45, 2.75) is 38.0 Å². The van der Waals surface area contributed by atoms with Crippen molar-refractivity contribution in [3.8, 4) is 10.6 Å². The van der Waals surface area contributed by atoms with Gasteiger partial charge in [-0.1, -0.05) is 0 Å². The van der Waals surface area contributed by atoms with Crippen LogP contribution in [0.25, 0.3) is 10.6 Å². The van der Waals surface area contributed by atoms with E-state index in [9.17, 15) is 27.5 Å². The first kappa shape index (κ1) is 26.7. The van der Waals surface area contributed by atoms with Crippen LogP contribution in [0, 0.1) is 12.7 Å². The number of alkyl halides is 3. The molecule has 3 aromatic heterocycles. The van der Waals surface area contributed by atoms with E-state index >= 15 is 0 Å². The molecule has 12 heteroatoms. The Bertz CT molecular complexity index is 1570. The predicted octanol–water partition coefficient (Wildman–Crippen LogP) is 6.17. The SMILES string of the molecule is COC(=O)c1cc2c(cc1F)[C@](O)(c1ncc(-c3cc(C)cc(Nc4cc(C(F)(F)F)ccn4)n3)s1)CCC2. The second-order valence-corrected chi connectivity index (χ2v) is 10.2. The zero-order valence-corrected chi connectivity index (χ0v) is 21.6. The molecule has 1 aromatic carbocycles. The summed E-state index contributed by atoms with van der Waals surface area (Å²) in [5.41, 5.74) is -0.357. The van der Waals surface area contributed by atoms with Crippen LogP contribution in [0.4, 0.5) is 29.2 Å². The summed E-state index contributed by atoms with van der Waals surface area (Å²) in [4.78, 5) is 25.4. The van der Waals surface area contributed by atoms with E-state index < -0.39 is 29.1 Å². The summed E-state index contributed by atoms with van der Waals surface area (Å²) in [6.07, 6.45) is -0.454. The van der Waals surface area contributed by atoms with Crippen LogP contribution in [0.2, 0.25) is 0 Å². The molecule has 2 N–H and O–H groups in total. The van der Waals surface area contributed by atoms with Gasteiger partial charge in [0, 0.05) is 12.4 Å². The normalized spacial score (nSPS) is 17.0. The fraction of sp³-hybridized carbons (Fsp3) is 0.259. The van der Waals surface area contributed by atoms with Gasteiger partial charge in [-0.3, -0.25) is 0 Å². The number of aromatic nitrogens is 3. The minimum Gasteiger partial charge on any atom is -0.465 e. The Hall–Kier alpha value is -3.90. The number of benzene rings is 1. The number of aliphatic hydroxyl groups is 1. The van der Waals surface area contributed by atoms with Crippen molar-refractivity contribution < 1.29 is 32.2 Å². The molecule has 39 heavy (non-hydrogen) atoms. The van der Waals surface area contributed by atoms with Gasteiger partial charge in [0.05, 0.1) is 28.8 Å². The van der Waals surface area contributed by atoms with Crippen molar-refractivity contribution in [1.82, 2.24) is 15.0 Å². The highest BCUT2D eigenvalue weighted by atomic mass is 32.1. The number of hydrogen-bond donors (Lipinski definition) is 2. The molecule has 4 aromatic rings. The van der Waals surface area contributed by atoms with Gasteiger partial charge in [0.15, 0.2) is 0 Å². The molecule has 0 unspecified atom stereocenters. The lowest BCUT2D eigenvalue weighted by atomic mass is 9.78. The summed E-state index contributed by atoms with van der Waals surface area (Å²) in [5, 5.41) is 14.8. The Kier molecular flexibility index (Phi) is 6.85. The maximum Gasteiger partial charge on any atom is 0.416 e. The third kappa shape index (κ3) is 5.21. The number of methoxy groups -OCH3 is 1. The quantitative estimate of drug-likeness (QED) is 0.223. The smallest absolute Gasteiger partial charge is 0.416 e. The molecular formula is C27H22F4N4O3S. The van der Waals surface area contributed by atoms with Crippen molar-refractivity contribution in [2.24, 2.45) is 0 Å². The second-order valence-electron chi connectivity index (χ2n) is 9.19. The Morgan fingerprint density at radius 1 is 1.15 bits per heavy atom. The van der Waals surface area contributed by atoms with Gasteiger partial charge in [-0.25, -0.2) is 24.1 Å². The minimum atomic E-state index is -4.51. The van der Waals surface area contributed by atoms with Gasteiger partial charge in [-0.2, -0.15) is 13.2 Å². The van der Waals surface area contributed by atoms with Gasteiger partial charge in [0.1, 0.15) is 28.1 Å². The molecule has 0 saturated heterocycles. The largest absolute Gasteiger partial charge is 0.465 e. The maximum absolute atomic E-state index is 14.8. The van der Waals surface area contributed by atoms with Crippen LogP contribution in [0.1, 0.15) is 50.5 Å². The predicted molar refractivity (Wildman–Crippen MR) is 136 cm³/mol. The van der Waals surface area contributed by atoms with Crippen LogP contribution < -0.4 is 5.32 Å². The number of carbonyl (C=O) groups is 1. The van der Waals surface area contributed by atoms with E-state index in [1.165, 1.54) is 24.5 Å². The molecule has 0 bridgehead atoms. The second kappa shape index (κ2) is 10.0. The summed E-state index contributed by atoms with van der Waals surface area (Å²) in [6, 6.07) is 7.81. The zero-order valence-electron chi connectivity index (χ0n) is 20.8. The van der Waals surface area contributed by atoms with E-state index in [1.807, 2.05) is 6.92 Å². The lowest BCUT2D eigenvalue weighted by molar-refractivity contribution is -0.137. The van der Waals surface area contributed by atoms with Crippen molar-refractivity contribution >= 4 is 28.9 Å². The van der Waals surface area contributed by atoms with Crippen molar-refractivity contribution in [3.63, 3.8) is 0 Å². The number of aryl methyl sites for hydroxylation is 2. The number of nitrogens with one attached hydrogen (secondary N) is 1. The van der Waals surface area contributed by atoms with Crippen molar-refractivity contribution in [3.05, 3.63) is 87.4 Å². The molecule has 0 spiro atoms. The van der Waals surface area contributed by atoms with Crippen LogP contribution in [0.5, 0.6) is 0 Å². The third-order valence-corrected chi connectivity index (χ3v) is 7.62. The van der Waals surface area contributed by atoms with Crippen LogP contribution in [-0.2, 0) is 22.9 Å². The highest BCUT2D eigenvalue weighted by Crippen LogP contribution is 2.44. The lowest BCUT2D eigenvalue weighted by Gasteiger charge is -2.33. The maximum atomic E-state index is 14.8. The number of nitrogens with zero attached hydrogens (tertiary/aromatic N) is 3. The molecule has 0 amide bonds. The Morgan fingerprint density at radius 3 is 2.69 bits per heavy atom. The zero-order chi connectivity index (χ0) is 27.9. The molecule has 0 fully saturated rings. The van der Waals surface area contributed by atoms with Gasteiger partial charge in [0.2, 0.25) is 0 Å². The average molecular weight is 559 g/mol. The fourth-order valence-electron chi connectivity index (χ4n) is 4.62. The van der Waals surface area contributed by atoms with E-state index in [4.69, 9.17) is 0 Å². The molecule has 202 valence electrons.